The first-order valence-corrected chi connectivity index (χ1v) is 11.2. The van der Waals surface area contributed by atoms with Gasteiger partial charge in [-0.05, 0) is 56.5 Å². The summed E-state index contributed by atoms with van der Waals surface area (Å²) in [5, 5.41) is 2.81. The van der Waals surface area contributed by atoms with Crippen LogP contribution in [0.5, 0.6) is 5.75 Å². The van der Waals surface area contributed by atoms with Crippen LogP contribution in [0, 0.1) is 13.8 Å². The minimum Gasteiger partial charge on any atom is -0.497 e. The minimum absolute atomic E-state index is 0.143. The van der Waals surface area contributed by atoms with E-state index in [0.717, 1.165) is 31.4 Å². The van der Waals surface area contributed by atoms with Gasteiger partial charge in [-0.2, -0.15) is 0 Å². The van der Waals surface area contributed by atoms with Crippen molar-refractivity contribution in [3.05, 3.63) is 35.5 Å². The fourth-order valence-corrected chi connectivity index (χ4v) is 5.72. The van der Waals surface area contributed by atoms with E-state index in [9.17, 15) is 13.2 Å². The molecule has 1 heterocycles. The van der Waals surface area contributed by atoms with Crippen LogP contribution in [-0.4, -0.2) is 39.7 Å². The van der Waals surface area contributed by atoms with Gasteiger partial charge in [-0.1, -0.05) is 12.8 Å². The van der Waals surface area contributed by atoms with Crippen LogP contribution in [0.25, 0.3) is 0 Å². The van der Waals surface area contributed by atoms with Crippen LogP contribution in [-0.2, 0) is 19.4 Å². The van der Waals surface area contributed by atoms with Crippen LogP contribution in [0.3, 0.4) is 0 Å². The molecule has 0 spiro atoms. The molecule has 1 aromatic carbocycles. The second-order valence-electron chi connectivity index (χ2n) is 7.36. The third kappa shape index (κ3) is 4.04. The topological polar surface area (TPSA) is 86.6 Å². The summed E-state index contributed by atoms with van der Waals surface area (Å²) in [6.45, 7) is 3.56. The van der Waals surface area contributed by atoms with Crippen LogP contribution >= 0.6 is 0 Å². The lowest BCUT2D eigenvalue weighted by Crippen LogP contribution is -2.22. The first-order chi connectivity index (χ1) is 13.8. The summed E-state index contributed by atoms with van der Waals surface area (Å²) in [7, 11) is -0.887. The molecule has 29 heavy (non-hydrogen) atoms. The van der Waals surface area contributed by atoms with E-state index in [2.05, 4.69) is 5.32 Å². The molecule has 1 aliphatic rings. The van der Waals surface area contributed by atoms with Gasteiger partial charge in [0.05, 0.1) is 12.0 Å². The molecule has 3 rings (SSSR count). The van der Waals surface area contributed by atoms with E-state index in [1.165, 1.54) is 26.4 Å². The maximum absolute atomic E-state index is 13.6. The van der Waals surface area contributed by atoms with Gasteiger partial charge in [0.25, 0.3) is 5.91 Å². The van der Waals surface area contributed by atoms with Crippen molar-refractivity contribution >= 4 is 21.6 Å². The van der Waals surface area contributed by atoms with E-state index in [4.69, 9.17) is 9.47 Å². The van der Waals surface area contributed by atoms with E-state index in [1.54, 1.807) is 19.1 Å². The quantitative estimate of drug-likeness (QED) is 0.739. The molecule has 0 atom stereocenters. The minimum atomic E-state index is -3.85. The maximum atomic E-state index is 13.6. The Kier molecular flexibility index (Phi) is 6.33. The monoisotopic (exact) mass is 420 g/mol. The van der Waals surface area contributed by atoms with Crippen LogP contribution in [0.15, 0.2) is 34.1 Å². The second kappa shape index (κ2) is 8.59. The van der Waals surface area contributed by atoms with E-state index < -0.39 is 9.84 Å². The Morgan fingerprint density at radius 1 is 1.14 bits per heavy atom. The standard InChI is InChI=1S/C21H28N2O5S/c1-14-15(2)23(16-7-5-6-8-16)21(22-19(24)13-27-3)20(14)29(25,26)18-11-9-17(28-4)10-12-18/h9-12,16H,5-8,13H2,1-4H3,(H,22,24). The Labute approximate surface area is 171 Å². The van der Waals surface area contributed by atoms with Crippen molar-refractivity contribution in [3.63, 3.8) is 0 Å². The molecule has 0 unspecified atom stereocenters. The van der Waals surface area contributed by atoms with Crippen molar-refractivity contribution in [2.75, 3.05) is 26.1 Å². The van der Waals surface area contributed by atoms with Gasteiger partial charge < -0.3 is 19.4 Å². The van der Waals surface area contributed by atoms with Crippen LogP contribution in [0.2, 0.25) is 0 Å². The molecular weight excluding hydrogens is 392 g/mol. The fourth-order valence-electron chi connectivity index (χ4n) is 4.04. The number of benzene rings is 1. The summed E-state index contributed by atoms with van der Waals surface area (Å²) in [5.41, 5.74) is 1.51. The van der Waals surface area contributed by atoms with Gasteiger partial charge in [0.15, 0.2) is 0 Å². The van der Waals surface area contributed by atoms with Crippen molar-refractivity contribution in [3.8, 4) is 5.75 Å². The zero-order valence-electron chi connectivity index (χ0n) is 17.3. The number of carbonyl (C=O) groups excluding carboxylic acids is 1. The van der Waals surface area contributed by atoms with Crippen molar-refractivity contribution < 1.29 is 22.7 Å². The number of sulfone groups is 1. The van der Waals surface area contributed by atoms with Crippen molar-refractivity contribution in [1.82, 2.24) is 4.57 Å². The Balaban J connectivity index is 2.17. The molecule has 1 N–H and O–H groups in total. The predicted octanol–water partition coefficient (Wildman–Crippen LogP) is 3.65. The van der Waals surface area contributed by atoms with Gasteiger partial charge in [0.2, 0.25) is 9.84 Å². The molecule has 1 amide bonds. The maximum Gasteiger partial charge on any atom is 0.251 e. The highest BCUT2D eigenvalue weighted by atomic mass is 32.2. The van der Waals surface area contributed by atoms with E-state index in [0.29, 0.717) is 17.1 Å². The van der Waals surface area contributed by atoms with Crippen molar-refractivity contribution in [1.29, 1.82) is 0 Å². The highest BCUT2D eigenvalue weighted by Crippen LogP contribution is 2.41. The molecule has 8 heteroatoms. The van der Waals surface area contributed by atoms with Crippen LogP contribution < -0.4 is 10.1 Å². The lowest BCUT2D eigenvalue weighted by atomic mass is 10.2. The highest BCUT2D eigenvalue weighted by Gasteiger charge is 2.33. The van der Waals surface area contributed by atoms with E-state index in [-0.39, 0.29) is 28.3 Å². The lowest BCUT2D eigenvalue weighted by Gasteiger charge is -2.20. The van der Waals surface area contributed by atoms with Crippen LogP contribution in [0.1, 0.15) is 43.0 Å². The van der Waals surface area contributed by atoms with Gasteiger partial charge in [0.1, 0.15) is 23.1 Å². The Morgan fingerprint density at radius 2 is 1.76 bits per heavy atom. The number of hydrogen-bond donors (Lipinski definition) is 1. The summed E-state index contributed by atoms with van der Waals surface area (Å²) in [6.07, 6.45) is 4.11. The number of methoxy groups -OCH3 is 2. The number of aromatic nitrogens is 1. The number of anilines is 1. The molecule has 0 saturated heterocycles. The Bertz CT molecular complexity index is 987. The highest BCUT2D eigenvalue weighted by molar-refractivity contribution is 7.91. The van der Waals surface area contributed by atoms with Gasteiger partial charge in [0, 0.05) is 18.8 Å². The smallest absolute Gasteiger partial charge is 0.251 e. The molecular formula is C21H28N2O5S. The zero-order valence-corrected chi connectivity index (χ0v) is 18.1. The van der Waals surface area contributed by atoms with Crippen molar-refractivity contribution in [2.24, 2.45) is 0 Å². The average Bonchev–Trinajstić information content (AvgIpc) is 3.29. The molecule has 7 nitrogen and oxygen atoms in total. The summed E-state index contributed by atoms with van der Waals surface area (Å²) in [6, 6.07) is 6.46. The number of carbonyl (C=O) groups is 1. The first kappa shape index (κ1) is 21.4. The predicted molar refractivity (Wildman–Crippen MR) is 110 cm³/mol. The summed E-state index contributed by atoms with van der Waals surface area (Å²) < 4.78 is 39.2. The Morgan fingerprint density at radius 3 is 2.31 bits per heavy atom. The first-order valence-electron chi connectivity index (χ1n) is 9.70. The molecule has 1 aromatic heterocycles. The molecule has 0 aliphatic heterocycles. The number of rotatable bonds is 7. The number of ether oxygens (including phenoxy) is 2. The molecule has 1 aliphatic carbocycles. The second-order valence-corrected chi connectivity index (χ2v) is 9.24. The molecule has 0 radical (unpaired) electrons. The largest absolute Gasteiger partial charge is 0.497 e. The molecule has 0 bridgehead atoms. The van der Waals surface area contributed by atoms with Gasteiger partial charge >= 0.3 is 0 Å². The lowest BCUT2D eigenvalue weighted by molar-refractivity contribution is -0.119. The SMILES string of the molecule is COCC(=O)Nc1c(S(=O)(=O)c2ccc(OC)cc2)c(C)c(C)n1C1CCCC1. The molecule has 2 aromatic rings. The van der Waals surface area contributed by atoms with Gasteiger partial charge in [-0.15, -0.1) is 0 Å². The third-order valence-electron chi connectivity index (χ3n) is 5.56. The summed E-state index contributed by atoms with van der Waals surface area (Å²) in [5.74, 6) is 0.536. The summed E-state index contributed by atoms with van der Waals surface area (Å²) >= 11 is 0. The molecule has 158 valence electrons. The fraction of sp³-hybridized carbons (Fsp3) is 0.476. The zero-order chi connectivity index (χ0) is 21.2. The molecule has 1 fully saturated rings. The summed E-state index contributed by atoms with van der Waals surface area (Å²) in [4.78, 5) is 12.6. The van der Waals surface area contributed by atoms with E-state index in [1.807, 2.05) is 11.5 Å². The van der Waals surface area contributed by atoms with Crippen LogP contribution in [0.4, 0.5) is 5.82 Å². The molecule has 1 saturated carbocycles. The van der Waals surface area contributed by atoms with Crippen molar-refractivity contribution in [2.45, 2.75) is 55.4 Å². The number of amides is 1. The van der Waals surface area contributed by atoms with E-state index >= 15 is 0 Å². The van der Waals surface area contributed by atoms with Gasteiger partial charge in [-0.3, -0.25) is 4.79 Å². The normalized spacial score (nSPS) is 14.9. The van der Waals surface area contributed by atoms with Gasteiger partial charge in [-0.25, -0.2) is 8.42 Å². The number of nitrogens with one attached hydrogen (secondary N) is 1. The average molecular weight is 421 g/mol. The number of hydrogen-bond acceptors (Lipinski definition) is 5. The third-order valence-corrected chi connectivity index (χ3v) is 7.49. The number of nitrogens with zero attached hydrogens (tertiary/aromatic N) is 1. The Hall–Kier alpha value is -2.32.